The fourth-order valence-electron chi connectivity index (χ4n) is 2.15. The molecule has 1 unspecified atom stereocenters. The molecule has 0 amide bonds. The molecule has 0 saturated heterocycles. The zero-order valence-corrected chi connectivity index (χ0v) is 12.8. The third kappa shape index (κ3) is 2.37. The summed E-state index contributed by atoms with van der Waals surface area (Å²) in [5.74, 6) is 0. The van der Waals surface area contributed by atoms with Crippen molar-refractivity contribution in [1.82, 2.24) is 14.8 Å². The molecule has 0 aliphatic carbocycles. The van der Waals surface area contributed by atoms with E-state index in [0.717, 1.165) is 16.6 Å². The minimum atomic E-state index is -0.0665. The van der Waals surface area contributed by atoms with Crippen LogP contribution < -0.4 is 0 Å². The van der Waals surface area contributed by atoms with E-state index in [1.807, 2.05) is 25.1 Å². The lowest BCUT2D eigenvalue weighted by Crippen LogP contribution is -2.09. The number of halogens is 3. The van der Waals surface area contributed by atoms with Crippen LogP contribution in [0.3, 0.4) is 0 Å². The Bertz CT molecular complexity index is 782. The second kappa shape index (κ2) is 5.24. The molecule has 20 heavy (non-hydrogen) atoms. The van der Waals surface area contributed by atoms with Crippen molar-refractivity contribution in [3.63, 3.8) is 0 Å². The maximum atomic E-state index is 6.25. The van der Waals surface area contributed by atoms with E-state index < -0.39 is 0 Å². The molecule has 102 valence electrons. The summed E-state index contributed by atoms with van der Waals surface area (Å²) in [6, 6.07) is 9.00. The average molecular weight is 327 g/mol. The van der Waals surface area contributed by atoms with Crippen molar-refractivity contribution >= 4 is 45.8 Å². The summed E-state index contributed by atoms with van der Waals surface area (Å²) in [7, 11) is 0. The maximum absolute atomic E-state index is 6.25. The van der Waals surface area contributed by atoms with Gasteiger partial charge in [0.2, 0.25) is 0 Å². The Hall–Kier alpha value is -1.29. The van der Waals surface area contributed by atoms with E-state index in [0.29, 0.717) is 15.2 Å². The summed E-state index contributed by atoms with van der Waals surface area (Å²) in [6.07, 6.45) is 1.76. The van der Waals surface area contributed by atoms with Gasteiger partial charge in [0.05, 0.1) is 12.2 Å². The molecule has 0 spiro atoms. The summed E-state index contributed by atoms with van der Waals surface area (Å²) < 4.78 is 1.80. The minimum Gasteiger partial charge on any atom is -0.240 e. The summed E-state index contributed by atoms with van der Waals surface area (Å²) in [4.78, 5) is 4.33. The molecule has 0 aliphatic heterocycles. The number of fused-ring (bicyclic) bond motifs is 1. The largest absolute Gasteiger partial charge is 0.240 e. The van der Waals surface area contributed by atoms with Gasteiger partial charge >= 0.3 is 0 Å². The van der Waals surface area contributed by atoms with Crippen LogP contribution in [0.2, 0.25) is 15.2 Å². The molecule has 0 aliphatic rings. The monoisotopic (exact) mass is 325 g/mol. The highest BCUT2D eigenvalue weighted by Gasteiger charge is 2.16. The summed E-state index contributed by atoms with van der Waals surface area (Å²) in [6.45, 7) is 2.00. The van der Waals surface area contributed by atoms with E-state index in [9.17, 15) is 0 Å². The van der Waals surface area contributed by atoms with Crippen LogP contribution in [-0.2, 0) is 0 Å². The summed E-state index contributed by atoms with van der Waals surface area (Å²) >= 11 is 18.1. The molecule has 3 aromatic rings. The van der Waals surface area contributed by atoms with Gasteiger partial charge < -0.3 is 0 Å². The van der Waals surface area contributed by atoms with Crippen LogP contribution >= 0.6 is 34.8 Å². The Morgan fingerprint density at radius 2 is 1.90 bits per heavy atom. The number of hydrogen-bond acceptors (Lipinski definition) is 2. The van der Waals surface area contributed by atoms with Gasteiger partial charge in [-0.3, -0.25) is 0 Å². The van der Waals surface area contributed by atoms with Gasteiger partial charge in [-0.1, -0.05) is 40.9 Å². The molecule has 0 fully saturated rings. The first kappa shape index (κ1) is 13.7. The third-order valence-electron chi connectivity index (χ3n) is 3.19. The lowest BCUT2D eigenvalue weighted by atomic mass is 10.1. The smallest absolute Gasteiger partial charge is 0.160 e. The van der Waals surface area contributed by atoms with Crippen LogP contribution in [0.4, 0.5) is 0 Å². The molecule has 0 saturated carbocycles. The normalized spacial score (nSPS) is 12.8. The molecule has 1 aromatic carbocycles. The van der Waals surface area contributed by atoms with Gasteiger partial charge in [0.1, 0.15) is 5.15 Å². The fourth-order valence-corrected chi connectivity index (χ4v) is 2.86. The quantitative estimate of drug-likeness (QED) is 0.620. The highest BCUT2D eigenvalue weighted by Crippen LogP contribution is 2.30. The molecule has 0 N–H and O–H groups in total. The molecule has 3 rings (SSSR count). The predicted octanol–water partition coefficient (Wildman–Crippen LogP) is 5.00. The van der Waals surface area contributed by atoms with Crippen molar-refractivity contribution in [2.45, 2.75) is 13.0 Å². The van der Waals surface area contributed by atoms with Crippen LogP contribution in [0, 0.1) is 0 Å². The fraction of sp³-hybridized carbons (Fsp3) is 0.143. The van der Waals surface area contributed by atoms with Crippen LogP contribution in [0.5, 0.6) is 0 Å². The number of aromatic nitrogens is 3. The average Bonchev–Trinajstić information content (AvgIpc) is 2.81. The van der Waals surface area contributed by atoms with E-state index in [-0.39, 0.29) is 6.04 Å². The van der Waals surface area contributed by atoms with Crippen molar-refractivity contribution in [1.29, 1.82) is 0 Å². The first-order valence-corrected chi connectivity index (χ1v) is 7.14. The molecule has 3 nitrogen and oxygen atoms in total. The summed E-state index contributed by atoms with van der Waals surface area (Å²) in [5.41, 5.74) is 1.67. The van der Waals surface area contributed by atoms with Crippen molar-refractivity contribution in [2.24, 2.45) is 0 Å². The van der Waals surface area contributed by atoms with Gasteiger partial charge in [0.25, 0.3) is 0 Å². The Kier molecular flexibility index (Phi) is 3.59. The standard InChI is InChI=1S/C14H10Cl3N3/c1-8(11-4-3-10(15)6-12(11)16)20-14-9(7-18-20)2-5-13(17)19-14/h2-8H,1H3. The Balaban J connectivity index is 2.12. The number of pyridine rings is 1. The minimum absolute atomic E-state index is 0.0665. The van der Waals surface area contributed by atoms with Crippen LogP contribution in [0.1, 0.15) is 18.5 Å². The van der Waals surface area contributed by atoms with Gasteiger partial charge in [0, 0.05) is 15.4 Å². The first-order valence-electron chi connectivity index (χ1n) is 6.01. The zero-order chi connectivity index (χ0) is 14.3. The van der Waals surface area contributed by atoms with Gasteiger partial charge in [-0.2, -0.15) is 5.10 Å². The molecule has 0 bridgehead atoms. The Morgan fingerprint density at radius 3 is 2.65 bits per heavy atom. The highest BCUT2D eigenvalue weighted by atomic mass is 35.5. The third-order valence-corrected chi connectivity index (χ3v) is 3.96. The second-order valence-corrected chi connectivity index (χ2v) is 5.71. The van der Waals surface area contributed by atoms with Gasteiger partial charge in [-0.25, -0.2) is 9.67 Å². The van der Waals surface area contributed by atoms with E-state index in [1.54, 1.807) is 23.0 Å². The van der Waals surface area contributed by atoms with Crippen LogP contribution in [0.25, 0.3) is 11.0 Å². The van der Waals surface area contributed by atoms with E-state index >= 15 is 0 Å². The molecule has 2 heterocycles. The van der Waals surface area contributed by atoms with E-state index in [1.165, 1.54) is 0 Å². The van der Waals surface area contributed by atoms with E-state index in [4.69, 9.17) is 34.8 Å². The zero-order valence-electron chi connectivity index (χ0n) is 10.5. The molecular formula is C14H10Cl3N3. The van der Waals surface area contributed by atoms with Gasteiger partial charge in [0.15, 0.2) is 5.65 Å². The van der Waals surface area contributed by atoms with Crippen molar-refractivity contribution in [2.75, 3.05) is 0 Å². The van der Waals surface area contributed by atoms with Gasteiger partial charge in [-0.05, 0) is 36.8 Å². The van der Waals surface area contributed by atoms with Crippen molar-refractivity contribution in [3.8, 4) is 0 Å². The molecule has 0 radical (unpaired) electrons. The number of benzene rings is 1. The Morgan fingerprint density at radius 1 is 1.10 bits per heavy atom. The summed E-state index contributed by atoms with van der Waals surface area (Å²) in [5, 5.41) is 6.97. The number of hydrogen-bond donors (Lipinski definition) is 0. The van der Waals surface area contributed by atoms with Crippen molar-refractivity contribution < 1.29 is 0 Å². The van der Waals surface area contributed by atoms with Gasteiger partial charge in [-0.15, -0.1) is 0 Å². The maximum Gasteiger partial charge on any atom is 0.160 e. The molecule has 1 atom stereocenters. The van der Waals surface area contributed by atoms with Crippen LogP contribution in [-0.4, -0.2) is 14.8 Å². The lowest BCUT2D eigenvalue weighted by molar-refractivity contribution is 0.579. The molecule has 2 aromatic heterocycles. The second-order valence-electron chi connectivity index (χ2n) is 4.48. The number of rotatable bonds is 2. The molecular weight excluding hydrogens is 317 g/mol. The highest BCUT2D eigenvalue weighted by molar-refractivity contribution is 6.35. The van der Waals surface area contributed by atoms with Crippen LogP contribution in [0.15, 0.2) is 36.5 Å². The number of nitrogens with zero attached hydrogens (tertiary/aromatic N) is 3. The Labute approximate surface area is 131 Å². The predicted molar refractivity (Wildman–Crippen MR) is 82.8 cm³/mol. The lowest BCUT2D eigenvalue weighted by Gasteiger charge is -2.15. The first-order chi connectivity index (χ1) is 9.56. The molecule has 6 heteroatoms. The van der Waals surface area contributed by atoms with Crippen molar-refractivity contribution in [3.05, 3.63) is 57.3 Å². The van der Waals surface area contributed by atoms with E-state index in [2.05, 4.69) is 10.1 Å². The SMILES string of the molecule is CC(c1ccc(Cl)cc1Cl)n1ncc2ccc(Cl)nc21. The topological polar surface area (TPSA) is 30.7 Å².